The van der Waals surface area contributed by atoms with E-state index in [0.717, 1.165) is 0 Å². The summed E-state index contributed by atoms with van der Waals surface area (Å²) in [5, 5.41) is 20.6. The molecule has 64 valence electrons. The molecule has 0 saturated heterocycles. The van der Waals surface area contributed by atoms with Crippen molar-refractivity contribution in [3.05, 3.63) is 18.2 Å². The van der Waals surface area contributed by atoms with Crippen LogP contribution in [0.4, 0.5) is 11.4 Å². The Morgan fingerprint density at radius 2 is 2.08 bits per heavy atom. The Morgan fingerprint density at radius 3 is 2.58 bits per heavy atom. The van der Waals surface area contributed by atoms with Crippen LogP contribution in [-0.4, -0.2) is 24.2 Å². The van der Waals surface area contributed by atoms with Crippen molar-refractivity contribution in [3.63, 3.8) is 0 Å². The van der Waals surface area contributed by atoms with Crippen LogP contribution in [0, 0.1) is 0 Å². The third-order valence-electron chi connectivity index (χ3n) is 1.62. The van der Waals surface area contributed by atoms with Crippen molar-refractivity contribution < 1.29 is 10.0 Å². The molecule has 0 saturated carbocycles. The monoisotopic (exact) mass is 166 g/mol. The van der Waals surface area contributed by atoms with E-state index in [9.17, 15) is 0 Å². The minimum Gasteiger partial charge on any atom is -0.423 e. The summed E-state index contributed by atoms with van der Waals surface area (Å²) in [5.41, 5.74) is 7.14. The highest BCUT2D eigenvalue weighted by molar-refractivity contribution is 6.60. The Morgan fingerprint density at radius 1 is 1.42 bits per heavy atom. The first-order chi connectivity index (χ1) is 5.65. The number of nitrogen functional groups attached to an aromatic ring is 1. The van der Waals surface area contributed by atoms with Crippen LogP contribution in [0.15, 0.2) is 18.2 Å². The van der Waals surface area contributed by atoms with Crippen LogP contribution in [0.3, 0.4) is 0 Å². The second-order valence-corrected chi connectivity index (χ2v) is 2.47. The van der Waals surface area contributed by atoms with Gasteiger partial charge in [-0.3, -0.25) is 0 Å². The minimum absolute atomic E-state index is 0.423. The molecule has 1 rings (SSSR count). The highest BCUT2D eigenvalue weighted by atomic mass is 16.4. The van der Waals surface area contributed by atoms with E-state index in [1.807, 2.05) is 0 Å². The molecule has 0 unspecified atom stereocenters. The molecule has 0 atom stereocenters. The summed E-state index contributed by atoms with van der Waals surface area (Å²) in [7, 11) is 0.230. The molecule has 0 aliphatic carbocycles. The van der Waals surface area contributed by atoms with Gasteiger partial charge in [-0.15, -0.1) is 0 Å². The van der Waals surface area contributed by atoms with Gasteiger partial charge in [0.2, 0.25) is 0 Å². The molecule has 4 nitrogen and oxygen atoms in total. The molecule has 1 aromatic carbocycles. The molecular formula is C7H11BN2O2. The van der Waals surface area contributed by atoms with E-state index in [4.69, 9.17) is 15.8 Å². The lowest BCUT2D eigenvalue weighted by molar-refractivity contribution is 0.426. The fourth-order valence-corrected chi connectivity index (χ4v) is 1.02. The summed E-state index contributed by atoms with van der Waals surface area (Å²) in [6.45, 7) is 0. The summed E-state index contributed by atoms with van der Waals surface area (Å²) in [6, 6.07) is 4.84. The Labute approximate surface area is 71.2 Å². The summed E-state index contributed by atoms with van der Waals surface area (Å²) >= 11 is 0. The molecule has 0 aliphatic rings. The summed E-state index contributed by atoms with van der Waals surface area (Å²) in [4.78, 5) is 0. The van der Waals surface area contributed by atoms with Crippen LogP contribution in [0.25, 0.3) is 0 Å². The van der Waals surface area contributed by atoms with E-state index in [1.54, 1.807) is 25.2 Å². The molecule has 5 N–H and O–H groups in total. The zero-order valence-corrected chi connectivity index (χ0v) is 6.78. The Hall–Kier alpha value is -1.20. The van der Waals surface area contributed by atoms with Crippen LogP contribution >= 0.6 is 0 Å². The predicted octanol–water partition coefficient (Wildman–Crippen LogP) is -1.01. The largest absolute Gasteiger partial charge is 0.490 e. The van der Waals surface area contributed by atoms with Gasteiger partial charge in [-0.25, -0.2) is 0 Å². The fraction of sp³-hybridized carbons (Fsp3) is 0.143. The van der Waals surface area contributed by atoms with Gasteiger partial charge in [-0.05, 0) is 12.1 Å². The van der Waals surface area contributed by atoms with Gasteiger partial charge in [0.1, 0.15) is 0 Å². The number of nitrogens with one attached hydrogen (secondary N) is 1. The van der Waals surface area contributed by atoms with Crippen LogP contribution in [0.1, 0.15) is 0 Å². The molecule has 0 aliphatic heterocycles. The lowest BCUT2D eigenvalue weighted by Gasteiger charge is -2.08. The van der Waals surface area contributed by atoms with Crippen molar-refractivity contribution >= 4 is 24.0 Å². The first-order valence-corrected chi connectivity index (χ1v) is 3.58. The van der Waals surface area contributed by atoms with Crippen LogP contribution in [0.2, 0.25) is 0 Å². The van der Waals surface area contributed by atoms with Crippen LogP contribution < -0.4 is 16.5 Å². The Bertz CT molecular complexity index is 278. The van der Waals surface area contributed by atoms with Gasteiger partial charge in [0.15, 0.2) is 0 Å². The number of hydrogen-bond donors (Lipinski definition) is 4. The van der Waals surface area contributed by atoms with E-state index >= 15 is 0 Å². The molecule has 0 radical (unpaired) electrons. The molecule has 0 fully saturated rings. The van der Waals surface area contributed by atoms with Crippen LogP contribution in [0.5, 0.6) is 0 Å². The van der Waals surface area contributed by atoms with Gasteiger partial charge in [0.05, 0.1) is 0 Å². The first-order valence-electron chi connectivity index (χ1n) is 3.58. The number of rotatable bonds is 2. The summed E-state index contributed by atoms with van der Waals surface area (Å²) < 4.78 is 0. The molecule has 5 heteroatoms. The zero-order valence-electron chi connectivity index (χ0n) is 6.78. The average molecular weight is 166 g/mol. The van der Waals surface area contributed by atoms with E-state index < -0.39 is 7.12 Å². The van der Waals surface area contributed by atoms with Gasteiger partial charge in [-0.2, -0.15) is 0 Å². The van der Waals surface area contributed by atoms with E-state index in [-0.39, 0.29) is 0 Å². The van der Waals surface area contributed by atoms with Crippen molar-refractivity contribution in [3.8, 4) is 0 Å². The normalized spacial score (nSPS) is 9.58. The standard InChI is InChI=1S/C7H11BN2O2/c1-10-7-4-5(9)2-3-6(7)8(11)12/h2-4,10-12H,9H2,1H3. The summed E-state index contributed by atoms with van der Waals surface area (Å²) in [5.74, 6) is 0. The second kappa shape index (κ2) is 3.47. The first kappa shape index (κ1) is 8.90. The van der Waals surface area contributed by atoms with Crippen molar-refractivity contribution in [1.29, 1.82) is 0 Å². The van der Waals surface area contributed by atoms with E-state index in [2.05, 4.69) is 5.32 Å². The number of anilines is 2. The van der Waals surface area contributed by atoms with Gasteiger partial charge < -0.3 is 21.1 Å². The van der Waals surface area contributed by atoms with E-state index in [1.165, 1.54) is 0 Å². The third kappa shape index (κ3) is 1.69. The SMILES string of the molecule is CNc1cc(N)ccc1B(O)O. The maximum atomic E-state index is 8.90. The molecule has 12 heavy (non-hydrogen) atoms. The van der Waals surface area contributed by atoms with Gasteiger partial charge in [-0.1, -0.05) is 6.07 Å². The molecule has 1 aromatic rings. The lowest BCUT2D eigenvalue weighted by Crippen LogP contribution is -2.32. The quantitative estimate of drug-likeness (QED) is 0.335. The molecule has 0 aromatic heterocycles. The van der Waals surface area contributed by atoms with Crippen molar-refractivity contribution in [1.82, 2.24) is 0 Å². The maximum Gasteiger partial charge on any atom is 0.490 e. The molecule has 0 amide bonds. The molecular weight excluding hydrogens is 155 g/mol. The fourth-order valence-electron chi connectivity index (χ4n) is 1.02. The molecule has 0 heterocycles. The lowest BCUT2D eigenvalue weighted by atomic mass is 9.79. The molecule has 0 bridgehead atoms. The topological polar surface area (TPSA) is 78.5 Å². The predicted molar refractivity (Wildman–Crippen MR) is 50.2 cm³/mol. The van der Waals surface area contributed by atoms with Crippen molar-refractivity contribution in [2.45, 2.75) is 0 Å². The smallest absolute Gasteiger partial charge is 0.423 e. The maximum absolute atomic E-state index is 8.90. The Balaban J connectivity index is 3.11. The highest BCUT2D eigenvalue weighted by Crippen LogP contribution is 2.08. The minimum atomic E-state index is -1.46. The zero-order chi connectivity index (χ0) is 9.14. The number of benzene rings is 1. The third-order valence-corrected chi connectivity index (χ3v) is 1.62. The van der Waals surface area contributed by atoms with Gasteiger partial charge >= 0.3 is 7.12 Å². The summed E-state index contributed by atoms with van der Waals surface area (Å²) in [6.07, 6.45) is 0. The number of nitrogens with two attached hydrogens (primary N) is 1. The van der Waals surface area contributed by atoms with Crippen LogP contribution in [-0.2, 0) is 0 Å². The van der Waals surface area contributed by atoms with Crippen molar-refractivity contribution in [2.75, 3.05) is 18.1 Å². The average Bonchev–Trinajstić information content (AvgIpc) is 2.03. The second-order valence-electron chi connectivity index (χ2n) is 2.47. The van der Waals surface area contributed by atoms with Gasteiger partial charge in [0, 0.05) is 23.9 Å². The highest BCUT2D eigenvalue weighted by Gasteiger charge is 2.14. The van der Waals surface area contributed by atoms with E-state index in [0.29, 0.717) is 16.8 Å². The number of hydrogen-bond acceptors (Lipinski definition) is 4. The molecule has 0 spiro atoms. The van der Waals surface area contributed by atoms with Gasteiger partial charge in [0.25, 0.3) is 0 Å². The Kier molecular flexibility index (Phi) is 2.57. The van der Waals surface area contributed by atoms with Crippen molar-refractivity contribution in [2.24, 2.45) is 0 Å².